The van der Waals surface area contributed by atoms with E-state index in [1.54, 1.807) is 24.3 Å². The fraction of sp³-hybridized carbons (Fsp3) is 0.188. The van der Waals surface area contributed by atoms with Crippen molar-refractivity contribution in [2.75, 3.05) is 0 Å². The Bertz CT molecular complexity index is 783. The Balaban J connectivity index is 2.10. The lowest BCUT2D eigenvalue weighted by atomic mass is 10.1. The predicted octanol–water partition coefficient (Wildman–Crippen LogP) is 5.63. The summed E-state index contributed by atoms with van der Waals surface area (Å²) < 4.78 is 47.0. The van der Waals surface area contributed by atoms with E-state index in [9.17, 15) is 13.2 Å². The van der Waals surface area contributed by atoms with Crippen molar-refractivity contribution in [3.63, 3.8) is 0 Å². The summed E-state index contributed by atoms with van der Waals surface area (Å²) in [4.78, 5) is 0. The third-order valence-electron chi connectivity index (χ3n) is 3.32. The molecule has 0 saturated heterocycles. The predicted molar refractivity (Wildman–Crippen MR) is 84.6 cm³/mol. The number of furan rings is 1. The molecule has 0 N–H and O–H groups in total. The zero-order valence-corrected chi connectivity index (χ0v) is 13.4. The van der Waals surface area contributed by atoms with Crippen LogP contribution in [-0.4, -0.2) is 9.78 Å². The molecule has 7 heteroatoms. The molecule has 1 aliphatic carbocycles. The molecule has 2 aromatic heterocycles. The van der Waals surface area contributed by atoms with Gasteiger partial charge in [-0.25, -0.2) is 4.68 Å². The second-order valence-electron chi connectivity index (χ2n) is 4.95. The molecule has 120 valence electrons. The molecule has 1 aliphatic rings. The fourth-order valence-electron chi connectivity index (χ4n) is 2.27. The van der Waals surface area contributed by atoms with Crippen LogP contribution < -0.4 is 0 Å². The summed E-state index contributed by atoms with van der Waals surface area (Å²) >= 11 is 3.33. The van der Waals surface area contributed by atoms with E-state index in [0.717, 1.165) is 15.2 Å². The molecule has 2 aromatic rings. The number of alkyl halides is 3. The highest BCUT2D eigenvalue weighted by molar-refractivity contribution is 9.11. The van der Waals surface area contributed by atoms with E-state index in [-0.39, 0.29) is 5.69 Å². The van der Waals surface area contributed by atoms with Crippen LogP contribution in [0.2, 0.25) is 0 Å². The van der Waals surface area contributed by atoms with E-state index in [1.807, 2.05) is 12.2 Å². The van der Waals surface area contributed by atoms with Crippen LogP contribution in [0.3, 0.4) is 0 Å². The smallest absolute Gasteiger partial charge is 0.433 e. The lowest BCUT2D eigenvalue weighted by Crippen LogP contribution is -2.14. The SMILES string of the molecule is FC(F)(F)c1cc(-c2ccco2)nn1C1=CC=C(Br)C=CCC1. The van der Waals surface area contributed by atoms with E-state index >= 15 is 0 Å². The molecule has 0 bridgehead atoms. The van der Waals surface area contributed by atoms with Gasteiger partial charge in [0.1, 0.15) is 11.4 Å². The van der Waals surface area contributed by atoms with Crippen LogP contribution in [0.25, 0.3) is 17.2 Å². The summed E-state index contributed by atoms with van der Waals surface area (Å²) in [6.45, 7) is 0. The Morgan fingerprint density at radius 2 is 2.09 bits per heavy atom. The van der Waals surface area contributed by atoms with E-state index in [1.165, 1.54) is 6.26 Å². The van der Waals surface area contributed by atoms with Crippen LogP contribution in [0.5, 0.6) is 0 Å². The van der Waals surface area contributed by atoms with E-state index < -0.39 is 11.9 Å². The molecule has 0 saturated carbocycles. The molecule has 23 heavy (non-hydrogen) atoms. The van der Waals surface area contributed by atoms with Gasteiger partial charge in [-0.1, -0.05) is 28.1 Å². The minimum absolute atomic E-state index is 0.156. The molecule has 2 heterocycles. The first-order valence-corrected chi connectivity index (χ1v) is 7.69. The van der Waals surface area contributed by atoms with Crippen LogP contribution >= 0.6 is 15.9 Å². The number of halogens is 4. The molecule has 0 radical (unpaired) electrons. The Morgan fingerprint density at radius 3 is 2.78 bits per heavy atom. The standard InChI is InChI=1S/C16H12BrF3N2O/c17-11-4-1-2-5-12(8-7-11)22-15(16(18,19)20)10-13(21-22)14-6-3-9-23-14/h1,3-4,6-10H,2,5H2. The second kappa shape index (κ2) is 6.23. The summed E-state index contributed by atoms with van der Waals surface area (Å²) in [5, 5.41) is 4.11. The quantitative estimate of drug-likeness (QED) is 0.671. The second-order valence-corrected chi connectivity index (χ2v) is 5.87. The highest BCUT2D eigenvalue weighted by Gasteiger charge is 2.37. The molecule has 0 aliphatic heterocycles. The Labute approximate surface area is 138 Å². The molecule has 0 spiro atoms. The normalized spacial score (nSPS) is 15.8. The minimum atomic E-state index is -4.50. The Hall–Kier alpha value is -2.02. The zero-order valence-electron chi connectivity index (χ0n) is 11.8. The highest BCUT2D eigenvalue weighted by atomic mass is 79.9. The van der Waals surface area contributed by atoms with Crippen molar-refractivity contribution in [2.24, 2.45) is 0 Å². The van der Waals surface area contributed by atoms with E-state index in [2.05, 4.69) is 21.0 Å². The van der Waals surface area contributed by atoms with Gasteiger partial charge >= 0.3 is 6.18 Å². The monoisotopic (exact) mass is 384 g/mol. The Morgan fingerprint density at radius 1 is 1.26 bits per heavy atom. The third-order valence-corrected chi connectivity index (χ3v) is 3.85. The summed E-state index contributed by atoms with van der Waals surface area (Å²) in [6.07, 6.45) is 5.10. The summed E-state index contributed by atoms with van der Waals surface area (Å²) in [6, 6.07) is 4.20. The largest absolute Gasteiger partial charge is 0.463 e. The number of rotatable bonds is 2. The lowest BCUT2D eigenvalue weighted by molar-refractivity contribution is -0.142. The topological polar surface area (TPSA) is 31.0 Å². The zero-order chi connectivity index (χ0) is 16.4. The molecule has 0 aromatic carbocycles. The highest BCUT2D eigenvalue weighted by Crippen LogP contribution is 2.35. The average molecular weight is 385 g/mol. The maximum absolute atomic E-state index is 13.4. The van der Waals surface area contributed by atoms with Gasteiger partial charge in [-0.05, 0) is 37.1 Å². The third kappa shape index (κ3) is 3.50. The first-order chi connectivity index (χ1) is 10.9. The van der Waals surface area contributed by atoms with Crippen molar-refractivity contribution in [3.8, 4) is 11.5 Å². The van der Waals surface area contributed by atoms with Gasteiger partial charge in [0.25, 0.3) is 0 Å². The number of allylic oxidation sites excluding steroid dienone is 6. The number of hydrogen-bond donors (Lipinski definition) is 0. The molecule has 0 atom stereocenters. The Kier molecular flexibility index (Phi) is 4.30. The number of aromatic nitrogens is 2. The summed E-state index contributed by atoms with van der Waals surface area (Å²) in [5.74, 6) is 0.303. The molecule has 0 amide bonds. The van der Waals surface area contributed by atoms with E-state index in [0.29, 0.717) is 24.3 Å². The van der Waals surface area contributed by atoms with Crippen LogP contribution in [0.1, 0.15) is 18.5 Å². The van der Waals surface area contributed by atoms with Crippen molar-refractivity contribution in [3.05, 3.63) is 58.9 Å². The minimum Gasteiger partial charge on any atom is -0.463 e. The fourth-order valence-corrected chi connectivity index (χ4v) is 2.58. The average Bonchev–Trinajstić information content (AvgIpc) is 3.11. The summed E-state index contributed by atoms with van der Waals surface area (Å²) in [7, 11) is 0. The van der Waals surface area contributed by atoms with Crippen molar-refractivity contribution in [2.45, 2.75) is 19.0 Å². The van der Waals surface area contributed by atoms with Gasteiger partial charge in [-0.3, -0.25) is 0 Å². The molecule has 0 fully saturated rings. The molecule has 3 nitrogen and oxygen atoms in total. The van der Waals surface area contributed by atoms with Crippen molar-refractivity contribution in [1.29, 1.82) is 0 Å². The summed E-state index contributed by atoms with van der Waals surface area (Å²) in [5.41, 5.74) is -0.190. The van der Waals surface area contributed by atoms with Crippen LogP contribution in [-0.2, 0) is 6.18 Å². The van der Waals surface area contributed by atoms with E-state index in [4.69, 9.17) is 4.42 Å². The number of hydrogen-bond acceptors (Lipinski definition) is 2. The van der Waals surface area contributed by atoms with Crippen LogP contribution in [0.15, 0.2) is 57.7 Å². The van der Waals surface area contributed by atoms with Gasteiger partial charge in [-0.15, -0.1) is 0 Å². The lowest BCUT2D eigenvalue weighted by Gasteiger charge is -2.13. The first kappa shape index (κ1) is 15.9. The van der Waals surface area contributed by atoms with Crippen molar-refractivity contribution in [1.82, 2.24) is 9.78 Å². The van der Waals surface area contributed by atoms with Crippen LogP contribution in [0.4, 0.5) is 13.2 Å². The maximum atomic E-state index is 13.4. The van der Waals surface area contributed by atoms with Gasteiger partial charge in [-0.2, -0.15) is 18.3 Å². The van der Waals surface area contributed by atoms with Gasteiger partial charge < -0.3 is 4.42 Å². The van der Waals surface area contributed by atoms with Gasteiger partial charge in [0.05, 0.1) is 6.26 Å². The van der Waals surface area contributed by atoms with Gasteiger partial charge in [0.15, 0.2) is 5.76 Å². The van der Waals surface area contributed by atoms with Crippen molar-refractivity contribution < 1.29 is 17.6 Å². The van der Waals surface area contributed by atoms with Gasteiger partial charge in [0.2, 0.25) is 0 Å². The van der Waals surface area contributed by atoms with Crippen LogP contribution in [0, 0.1) is 0 Å². The van der Waals surface area contributed by atoms with Crippen molar-refractivity contribution >= 4 is 21.6 Å². The molecular formula is C16H12BrF3N2O. The number of nitrogens with zero attached hydrogens (tertiary/aromatic N) is 2. The molecular weight excluding hydrogens is 373 g/mol. The maximum Gasteiger partial charge on any atom is 0.433 e. The molecule has 3 rings (SSSR count). The van der Waals surface area contributed by atoms with Gasteiger partial charge in [0, 0.05) is 16.2 Å². The molecule has 0 unspecified atom stereocenters. The first-order valence-electron chi connectivity index (χ1n) is 6.89.